The van der Waals surface area contributed by atoms with Crippen molar-refractivity contribution in [3.8, 4) is 0 Å². The third-order valence-corrected chi connectivity index (χ3v) is 14.4. The van der Waals surface area contributed by atoms with E-state index in [1.54, 1.807) is 130 Å². The van der Waals surface area contributed by atoms with Crippen molar-refractivity contribution in [3.05, 3.63) is 107 Å². The summed E-state index contributed by atoms with van der Waals surface area (Å²) < 4.78 is 11.1. The molecule has 0 radical (unpaired) electrons. The molecule has 1 unspecified atom stereocenters. The van der Waals surface area contributed by atoms with Crippen LogP contribution in [0.15, 0.2) is 84.9 Å². The molecule has 0 bridgehead atoms. The summed E-state index contributed by atoms with van der Waals surface area (Å²) in [7, 11) is 3.22. The summed E-state index contributed by atoms with van der Waals surface area (Å²) in [5.74, 6) is -5.70. The Balaban J connectivity index is 1.37. The molecule has 82 heavy (non-hydrogen) atoms. The number of hydrogen-bond acceptors (Lipinski definition) is 14. The van der Waals surface area contributed by atoms with Crippen molar-refractivity contribution >= 4 is 59.1 Å². The summed E-state index contributed by atoms with van der Waals surface area (Å²) in [6.45, 7) is 12.7. The Bertz CT molecular complexity index is 2550. The lowest BCUT2D eigenvalue weighted by atomic mass is 9.85. The number of nitrogens with zero attached hydrogens (tertiary/aromatic N) is 2. The van der Waals surface area contributed by atoms with Crippen LogP contribution in [0.3, 0.4) is 0 Å². The molecule has 10 amide bonds. The van der Waals surface area contributed by atoms with Crippen LogP contribution in [0.5, 0.6) is 0 Å². The van der Waals surface area contributed by atoms with Gasteiger partial charge in [-0.2, -0.15) is 0 Å². The fourth-order valence-electron chi connectivity index (χ4n) is 9.51. The number of nitrogens with two attached hydrogens (primary N) is 2. The molecule has 24 nitrogen and oxygen atoms in total. The molecular weight excluding hydrogens is 1060 g/mol. The first-order valence-corrected chi connectivity index (χ1v) is 27.3. The number of hydrogen-bond donors (Lipinski definition) is 10. The van der Waals surface area contributed by atoms with Gasteiger partial charge < -0.3 is 73.3 Å². The first kappa shape index (κ1) is 65.0. The van der Waals surface area contributed by atoms with E-state index in [0.29, 0.717) is 11.1 Å². The first-order valence-electron chi connectivity index (χ1n) is 27.3. The van der Waals surface area contributed by atoms with Crippen molar-refractivity contribution in [1.82, 2.24) is 52.3 Å². The van der Waals surface area contributed by atoms with Gasteiger partial charge in [-0.3, -0.25) is 47.9 Å². The summed E-state index contributed by atoms with van der Waals surface area (Å²) in [5, 5.41) is 23.2. The van der Waals surface area contributed by atoms with Crippen LogP contribution < -0.4 is 54.0 Å². The molecule has 2 aliphatic heterocycles. The minimum absolute atomic E-state index is 0.0287. The molecule has 10 atom stereocenters. The van der Waals surface area contributed by atoms with Crippen LogP contribution in [0.25, 0.3) is 0 Å². The molecule has 3 aromatic carbocycles. The van der Waals surface area contributed by atoms with Gasteiger partial charge in [-0.05, 0) is 87.0 Å². The van der Waals surface area contributed by atoms with E-state index >= 15 is 0 Å². The number of benzene rings is 3. The van der Waals surface area contributed by atoms with Crippen molar-refractivity contribution in [2.45, 2.75) is 129 Å². The van der Waals surface area contributed by atoms with Crippen molar-refractivity contribution in [1.29, 1.82) is 0 Å². The average Bonchev–Trinajstić information content (AvgIpc) is 4.20. The number of carbonyl (C=O) groups excluding carboxylic acids is 10. The molecule has 0 aliphatic carbocycles. The van der Waals surface area contributed by atoms with Gasteiger partial charge in [0.1, 0.15) is 37.4 Å². The summed E-state index contributed by atoms with van der Waals surface area (Å²) >= 11 is 0. The van der Waals surface area contributed by atoms with Gasteiger partial charge in [0.2, 0.25) is 47.3 Å². The van der Waals surface area contributed by atoms with E-state index in [4.69, 9.17) is 20.9 Å². The number of ether oxygens (including phenoxy) is 2. The highest BCUT2D eigenvalue weighted by molar-refractivity contribution is 5.99. The lowest BCUT2D eigenvalue weighted by Crippen LogP contribution is -2.59. The monoisotopic (exact) mass is 1140 g/mol. The van der Waals surface area contributed by atoms with Gasteiger partial charge in [-0.25, -0.2) is 0 Å². The van der Waals surface area contributed by atoms with E-state index < -0.39 is 144 Å². The van der Waals surface area contributed by atoms with Gasteiger partial charge in [0.25, 0.3) is 11.8 Å². The molecule has 2 fully saturated rings. The fourth-order valence-corrected chi connectivity index (χ4v) is 9.51. The number of nitrogens with one attached hydrogen (secondary N) is 8. The molecule has 12 N–H and O–H groups in total. The summed E-state index contributed by atoms with van der Waals surface area (Å²) in [5.41, 5.74) is 10.6. The topological polar surface area (TPSA) is 344 Å². The molecule has 24 heteroatoms. The third kappa shape index (κ3) is 18.1. The average molecular weight is 1140 g/mol. The Morgan fingerprint density at radius 2 is 0.854 bits per heavy atom. The van der Waals surface area contributed by atoms with Gasteiger partial charge >= 0.3 is 0 Å². The quantitative estimate of drug-likeness (QED) is 0.0509. The Kier molecular flexibility index (Phi) is 23.2. The predicted molar refractivity (Wildman–Crippen MR) is 304 cm³/mol. The van der Waals surface area contributed by atoms with E-state index in [2.05, 4.69) is 42.5 Å². The number of carbonyl (C=O) groups is 10. The third-order valence-electron chi connectivity index (χ3n) is 14.4. The van der Waals surface area contributed by atoms with Crippen LogP contribution >= 0.6 is 0 Å². The Hall–Kier alpha value is -7.80. The molecule has 3 aromatic rings. The second-order valence-corrected chi connectivity index (χ2v) is 22.9. The van der Waals surface area contributed by atoms with E-state index in [0.717, 1.165) is 0 Å². The second kappa shape index (κ2) is 29.3. The first-order chi connectivity index (χ1) is 38.6. The van der Waals surface area contributed by atoms with Crippen LogP contribution in [0, 0.1) is 10.8 Å². The molecule has 0 spiro atoms. The zero-order valence-electron chi connectivity index (χ0n) is 48.5. The summed E-state index contributed by atoms with van der Waals surface area (Å²) in [4.78, 5) is 139. The van der Waals surface area contributed by atoms with Gasteiger partial charge in [0, 0.05) is 36.3 Å². The second-order valence-electron chi connectivity index (χ2n) is 22.9. The number of amides is 10. The van der Waals surface area contributed by atoms with E-state index in [9.17, 15) is 47.9 Å². The van der Waals surface area contributed by atoms with Crippen LogP contribution in [0.1, 0.15) is 112 Å². The lowest BCUT2D eigenvalue weighted by Gasteiger charge is -2.36. The number of likely N-dealkylation sites (N-methyl/N-ethyl adjacent to an activating group) is 2. The molecule has 2 heterocycles. The standard InChI is InChI=1S/C58H82N12O12/c1-33(61-9)49(73)67-47(57(3,4)5)55(79)69-27-39(25-43(69)53(77)65-41(29-81-31-45(59)71)35-17-13-11-14-18-35)63-51(75)37-21-23-38(24-22-37)52(76)64-40-26-44(54(78)66-42(30-82-32-46(60)72)36-19-15-12-16-20-36)70(28-40)56(80)48(58(6,7)8)68-50(74)34(2)62-10/h11-24,33-34,39-44,47-48,61-62H,25-32H2,1-10H3,(H2,59,71)(H2,60,72)(H,63,75)(H,64,76)(H,65,77)(H,66,78)(H,67,73)(H,68,74)/t33-,34-,39-,40-,41+,42?,43-,44-,47+,48+/m0/s1. The highest BCUT2D eigenvalue weighted by Gasteiger charge is 2.48. The van der Waals surface area contributed by atoms with E-state index in [1.807, 2.05) is 0 Å². The van der Waals surface area contributed by atoms with Gasteiger partial charge in [0.15, 0.2) is 0 Å². The molecule has 2 aliphatic rings. The molecular formula is C58H82N12O12. The SMILES string of the molecule is CN[C@@H](C)C(=O)N[C@H](C(=O)N1C[C@@H](NC(=O)c2ccc(C(=O)N[C@H]3C[C@@H](C(=O)N[C@H](COCC(N)=O)c4ccccc4)N(C(=O)[C@@H](NC(=O)[C@H](C)NC)C(C)(C)C)C3)cc2)C[C@H]1C(=O)NC(COCC(N)=O)c1ccccc1)C(C)(C)C. The van der Waals surface area contributed by atoms with Crippen LogP contribution in [-0.4, -0.2) is 171 Å². The minimum Gasteiger partial charge on any atom is -0.369 e. The maximum atomic E-state index is 14.7. The molecule has 0 aromatic heterocycles. The maximum absolute atomic E-state index is 14.7. The Labute approximate surface area is 479 Å². The molecule has 0 saturated carbocycles. The zero-order valence-corrected chi connectivity index (χ0v) is 48.5. The normalized spacial score (nSPS) is 19.3. The van der Waals surface area contributed by atoms with Gasteiger partial charge in [0.05, 0.1) is 37.4 Å². The fraction of sp³-hybridized carbons (Fsp3) is 0.517. The smallest absolute Gasteiger partial charge is 0.251 e. The highest BCUT2D eigenvalue weighted by atomic mass is 16.5. The summed E-state index contributed by atoms with van der Waals surface area (Å²) in [6, 6.07) is 14.6. The van der Waals surface area contributed by atoms with E-state index in [1.165, 1.54) is 34.1 Å². The van der Waals surface area contributed by atoms with Crippen molar-refractivity contribution in [2.24, 2.45) is 22.3 Å². The van der Waals surface area contributed by atoms with Crippen molar-refractivity contribution in [3.63, 3.8) is 0 Å². The Morgan fingerprint density at radius 1 is 0.524 bits per heavy atom. The van der Waals surface area contributed by atoms with Crippen molar-refractivity contribution < 1.29 is 57.4 Å². The summed E-state index contributed by atoms with van der Waals surface area (Å²) in [6.07, 6.45) is -0.0575. The lowest BCUT2D eigenvalue weighted by molar-refractivity contribution is -0.144. The zero-order chi connectivity index (χ0) is 60.6. The van der Waals surface area contributed by atoms with Crippen LogP contribution in [0.2, 0.25) is 0 Å². The van der Waals surface area contributed by atoms with Crippen molar-refractivity contribution in [2.75, 3.05) is 53.6 Å². The van der Waals surface area contributed by atoms with E-state index in [-0.39, 0.29) is 50.3 Å². The molecule has 446 valence electrons. The minimum atomic E-state index is -1.14. The Morgan fingerprint density at radius 3 is 1.15 bits per heavy atom. The van der Waals surface area contributed by atoms with Crippen LogP contribution in [0.4, 0.5) is 0 Å². The van der Waals surface area contributed by atoms with Gasteiger partial charge in [-0.15, -0.1) is 0 Å². The number of primary amides is 2. The van der Waals surface area contributed by atoms with Crippen LogP contribution in [-0.2, 0) is 47.8 Å². The highest BCUT2D eigenvalue weighted by Crippen LogP contribution is 2.30. The largest absolute Gasteiger partial charge is 0.369 e. The molecule has 2 saturated heterocycles. The number of rotatable bonds is 26. The van der Waals surface area contributed by atoms with Gasteiger partial charge in [-0.1, -0.05) is 102 Å². The maximum Gasteiger partial charge on any atom is 0.251 e. The number of likely N-dealkylation sites (tertiary alicyclic amines) is 2. The predicted octanol–water partition coefficient (Wildman–Crippen LogP) is 0.0816. The molecule has 5 rings (SSSR count).